The zero-order valence-corrected chi connectivity index (χ0v) is 20.5. The zero-order chi connectivity index (χ0) is 20.1. The predicted octanol–water partition coefficient (Wildman–Crippen LogP) is 9.44. The minimum Gasteiger partial charge on any atom is -0.418 e. The Morgan fingerprint density at radius 2 is 0.889 bits per heavy atom. The fourth-order valence-corrected chi connectivity index (χ4v) is 4.19. The summed E-state index contributed by atoms with van der Waals surface area (Å²) < 4.78 is 5.90. The normalized spacial score (nSPS) is 12.3. The first-order valence-corrected chi connectivity index (χ1v) is 15.8. The number of allylic oxidation sites excluding steroid dienone is 2. The molecule has 27 heavy (non-hydrogen) atoms. The molecule has 0 unspecified atom stereocenters. The van der Waals surface area contributed by atoms with Crippen LogP contribution in [0.5, 0.6) is 0 Å². The van der Waals surface area contributed by atoms with Crippen molar-refractivity contribution >= 4 is 8.32 Å². The Balaban J connectivity index is 3.09. The van der Waals surface area contributed by atoms with Crippen molar-refractivity contribution in [2.45, 2.75) is 142 Å². The third-order valence-corrected chi connectivity index (χ3v) is 6.26. The minimum atomic E-state index is -1.28. The van der Waals surface area contributed by atoms with Gasteiger partial charge in [0.15, 0.2) is 8.32 Å². The molecule has 0 atom stereocenters. The lowest BCUT2D eigenvalue weighted by atomic mass is 10.1. The second-order valence-electron chi connectivity index (χ2n) is 9.31. The van der Waals surface area contributed by atoms with Crippen molar-refractivity contribution in [3.05, 3.63) is 12.2 Å². The van der Waals surface area contributed by atoms with Gasteiger partial charge in [-0.1, -0.05) is 103 Å². The number of unbranched alkanes of at least 4 members (excludes halogenated alkanes) is 16. The van der Waals surface area contributed by atoms with Gasteiger partial charge in [-0.05, 0) is 51.7 Å². The molecule has 0 aliphatic carbocycles. The summed E-state index contributed by atoms with van der Waals surface area (Å²) in [5.74, 6) is 0. The SMILES string of the molecule is CCCCCCCC/C=C\CCCCCCCCCCCCO[Si](C)(C)C. The molecule has 162 valence electrons. The van der Waals surface area contributed by atoms with Crippen LogP contribution in [-0.4, -0.2) is 14.9 Å². The summed E-state index contributed by atoms with van der Waals surface area (Å²) in [5, 5.41) is 0. The molecule has 0 saturated carbocycles. The maximum Gasteiger partial charge on any atom is 0.183 e. The fourth-order valence-electron chi connectivity index (χ4n) is 3.44. The van der Waals surface area contributed by atoms with Crippen LogP contribution >= 0.6 is 0 Å². The summed E-state index contributed by atoms with van der Waals surface area (Å²) in [6.07, 6.45) is 30.0. The van der Waals surface area contributed by atoms with Crippen LogP contribution in [0.2, 0.25) is 19.6 Å². The number of hydrogen-bond donors (Lipinski definition) is 0. The molecule has 0 aliphatic rings. The van der Waals surface area contributed by atoms with E-state index >= 15 is 0 Å². The average molecular weight is 397 g/mol. The highest BCUT2D eigenvalue weighted by Gasteiger charge is 2.12. The molecule has 0 radical (unpaired) electrons. The van der Waals surface area contributed by atoms with Crippen LogP contribution in [0.25, 0.3) is 0 Å². The van der Waals surface area contributed by atoms with E-state index in [1.54, 1.807) is 0 Å². The van der Waals surface area contributed by atoms with Crippen LogP contribution in [0.1, 0.15) is 122 Å². The van der Waals surface area contributed by atoms with Crippen molar-refractivity contribution in [3.8, 4) is 0 Å². The summed E-state index contributed by atoms with van der Waals surface area (Å²) >= 11 is 0. The number of hydrogen-bond acceptors (Lipinski definition) is 1. The highest BCUT2D eigenvalue weighted by Crippen LogP contribution is 2.13. The molecule has 0 aromatic carbocycles. The lowest BCUT2D eigenvalue weighted by molar-refractivity contribution is 0.298. The van der Waals surface area contributed by atoms with E-state index in [1.165, 1.54) is 116 Å². The smallest absolute Gasteiger partial charge is 0.183 e. The maximum atomic E-state index is 5.90. The Hall–Kier alpha value is -0.0831. The van der Waals surface area contributed by atoms with Crippen molar-refractivity contribution in [1.82, 2.24) is 0 Å². The Labute approximate surface area is 173 Å². The van der Waals surface area contributed by atoms with Gasteiger partial charge in [0.05, 0.1) is 0 Å². The summed E-state index contributed by atoms with van der Waals surface area (Å²) in [5.41, 5.74) is 0. The summed E-state index contributed by atoms with van der Waals surface area (Å²) in [4.78, 5) is 0. The van der Waals surface area contributed by atoms with E-state index in [9.17, 15) is 0 Å². The molecule has 0 heterocycles. The lowest BCUT2D eigenvalue weighted by Crippen LogP contribution is -2.25. The molecule has 0 aromatic rings. The zero-order valence-electron chi connectivity index (χ0n) is 19.5. The van der Waals surface area contributed by atoms with Crippen LogP contribution in [0.3, 0.4) is 0 Å². The average Bonchev–Trinajstić information content (AvgIpc) is 2.62. The van der Waals surface area contributed by atoms with E-state index in [-0.39, 0.29) is 0 Å². The van der Waals surface area contributed by atoms with Crippen LogP contribution in [0, 0.1) is 0 Å². The van der Waals surface area contributed by atoms with E-state index < -0.39 is 8.32 Å². The lowest BCUT2D eigenvalue weighted by Gasteiger charge is -2.16. The fraction of sp³-hybridized carbons (Fsp3) is 0.920. The van der Waals surface area contributed by atoms with Crippen LogP contribution < -0.4 is 0 Å². The third-order valence-electron chi connectivity index (χ3n) is 5.19. The second kappa shape index (κ2) is 20.6. The van der Waals surface area contributed by atoms with Gasteiger partial charge >= 0.3 is 0 Å². The molecule has 0 saturated heterocycles. The van der Waals surface area contributed by atoms with Gasteiger partial charge in [0.2, 0.25) is 0 Å². The van der Waals surface area contributed by atoms with E-state index in [4.69, 9.17) is 4.43 Å². The van der Waals surface area contributed by atoms with Gasteiger partial charge in [-0.25, -0.2) is 0 Å². The first-order valence-electron chi connectivity index (χ1n) is 12.3. The Morgan fingerprint density at radius 3 is 1.30 bits per heavy atom. The van der Waals surface area contributed by atoms with Gasteiger partial charge in [-0.3, -0.25) is 0 Å². The van der Waals surface area contributed by atoms with E-state index in [1.807, 2.05) is 0 Å². The molecule has 0 bridgehead atoms. The van der Waals surface area contributed by atoms with E-state index in [2.05, 4.69) is 38.7 Å². The molecular formula is C25H52OSi. The van der Waals surface area contributed by atoms with Gasteiger partial charge in [0.25, 0.3) is 0 Å². The Kier molecular flexibility index (Phi) is 20.6. The number of rotatable bonds is 21. The van der Waals surface area contributed by atoms with Crippen molar-refractivity contribution in [2.75, 3.05) is 6.61 Å². The van der Waals surface area contributed by atoms with Gasteiger partial charge in [0.1, 0.15) is 0 Å². The highest BCUT2D eigenvalue weighted by atomic mass is 28.4. The maximum absolute atomic E-state index is 5.90. The first kappa shape index (κ1) is 26.9. The molecule has 0 rings (SSSR count). The summed E-state index contributed by atoms with van der Waals surface area (Å²) in [7, 11) is -1.28. The van der Waals surface area contributed by atoms with Gasteiger partial charge in [0, 0.05) is 6.61 Å². The highest BCUT2D eigenvalue weighted by molar-refractivity contribution is 6.69. The van der Waals surface area contributed by atoms with Crippen molar-refractivity contribution in [1.29, 1.82) is 0 Å². The third kappa shape index (κ3) is 25.9. The monoisotopic (exact) mass is 396 g/mol. The molecule has 0 amide bonds. The van der Waals surface area contributed by atoms with Crippen LogP contribution in [0.15, 0.2) is 12.2 Å². The second-order valence-corrected chi connectivity index (χ2v) is 13.8. The molecule has 0 aliphatic heterocycles. The van der Waals surface area contributed by atoms with Crippen molar-refractivity contribution in [2.24, 2.45) is 0 Å². The van der Waals surface area contributed by atoms with Gasteiger partial charge < -0.3 is 4.43 Å². The quantitative estimate of drug-likeness (QED) is 0.107. The molecule has 2 heteroatoms. The van der Waals surface area contributed by atoms with Crippen LogP contribution in [-0.2, 0) is 4.43 Å². The molecule has 0 aromatic heterocycles. The van der Waals surface area contributed by atoms with E-state index in [0.29, 0.717) is 0 Å². The van der Waals surface area contributed by atoms with Crippen LogP contribution in [0.4, 0.5) is 0 Å². The molecular weight excluding hydrogens is 344 g/mol. The van der Waals surface area contributed by atoms with E-state index in [0.717, 1.165) is 6.61 Å². The Morgan fingerprint density at radius 1 is 0.519 bits per heavy atom. The molecule has 0 fully saturated rings. The molecule has 0 spiro atoms. The summed E-state index contributed by atoms with van der Waals surface area (Å²) in [6.45, 7) is 10.1. The summed E-state index contributed by atoms with van der Waals surface area (Å²) in [6, 6.07) is 0. The van der Waals surface area contributed by atoms with Crippen molar-refractivity contribution < 1.29 is 4.43 Å². The molecule has 1 nitrogen and oxygen atoms in total. The van der Waals surface area contributed by atoms with Gasteiger partial charge in [-0.15, -0.1) is 0 Å². The predicted molar refractivity (Wildman–Crippen MR) is 127 cm³/mol. The minimum absolute atomic E-state index is 0.989. The molecule has 0 N–H and O–H groups in total. The Bertz CT molecular complexity index is 306. The largest absolute Gasteiger partial charge is 0.418 e. The van der Waals surface area contributed by atoms with Crippen molar-refractivity contribution in [3.63, 3.8) is 0 Å². The van der Waals surface area contributed by atoms with Gasteiger partial charge in [-0.2, -0.15) is 0 Å². The topological polar surface area (TPSA) is 9.23 Å². The standard InChI is InChI=1S/C25H52OSi/c1-5-6-7-8-9-10-11-12-13-14-15-16-17-18-19-20-21-22-23-24-25-26-27(2,3)4/h12-13H,5-11,14-25H2,1-4H3/b13-12-. The first-order chi connectivity index (χ1) is 13.1.